The summed E-state index contributed by atoms with van der Waals surface area (Å²) in [4.78, 5) is 25.5. The number of nitrogens with zero attached hydrogens (tertiary/aromatic N) is 4. The van der Waals surface area contributed by atoms with Gasteiger partial charge < -0.3 is 20.7 Å². The van der Waals surface area contributed by atoms with E-state index < -0.39 is 0 Å². The number of carbonyl (C=O) groups is 1. The zero-order valence-electron chi connectivity index (χ0n) is 12.2. The molecular weight excluding hydrogens is 260 g/mol. The van der Waals surface area contributed by atoms with Crippen LogP contribution in [0.15, 0.2) is 0 Å². The van der Waals surface area contributed by atoms with Crippen molar-refractivity contribution in [1.29, 1.82) is 0 Å². The molecule has 0 aliphatic carbocycles. The number of amides is 1. The number of likely N-dealkylation sites (N-methyl/N-ethyl adjacent to an activating group) is 1. The maximum Gasteiger partial charge on any atom is 0.323 e. The van der Waals surface area contributed by atoms with E-state index in [1.54, 1.807) is 11.9 Å². The number of aromatic nitrogens is 3. The highest BCUT2D eigenvalue weighted by atomic mass is 16.5. The fourth-order valence-corrected chi connectivity index (χ4v) is 1.53. The van der Waals surface area contributed by atoms with Gasteiger partial charge in [0.2, 0.25) is 17.8 Å². The van der Waals surface area contributed by atoms with Crippen molar-refractivity contribution in [3.05, 3.63) is 0 Å². The molecule has 0 aliphatic heterocycles. The molecule has 0 atom stereocenters. The molecule has 0 saturated heterocycles. The molecule has 1 amide bonds. The van der Waals surface area contributed by atoms with Crippen LogP contribution in [0, 0.1) is 0 Å². The van der Waals surface area contributed by atoms with Gasteiger partial charge in [-0.2, -0.15) is 15.0 Å². The Hall–Kier alpha value is -2.12. The molecule has 0 spiro atoms. The average molecular weight is 282 g/mol. The van der Waals surface area contributed by atoms with Gasteiger partial charge in [0.05, 0.1) is 13.2 Å². The van der Waals surface area contributed by atoms with Crippen LogP contribution in [-0.2, 0) is 4.79 Å². The average Bonchev–Trinajstić information content (AvgIpc) is 2.43. The van der Waals surface area contributed by atoms with E-state index in [-0.39, 0.29) is 24.4 Å². The SMILES string of the molecule is CCCOc1nc(N)nc(N(CCC)CC(=O)NC)n1. The lowest BCUT2D eigenvalue weighted by molar-refractivity contribution is -0.119. The first kappa shape index (κ1) is 15.9. The molecule has 3 N–H and O–H groups in total. The number of rotatable bonds is 8. The van der Waals surface area contributed by atoms with E-state index in [2.05, 4.69) is 20.3 Å². The van der Waals surface area contributed by atoms with Gasteiger partial charge in [0.1, 0.15) is 0 Å². The number of carbonyl (C=O) groups excluding carboxylic acids is 1. The van der Waals surface area contributed by atoms with Gasteiger partial charge in [0.25, 0.3) is 0 Å². The molecule has 0 fully saturated rings. The third-order valence-corrected chi connectivity index (χ3v) is 2.45. The third kappa shape index (κ3) is 4.87. The van der Waals surface area contributed by atoms with E-state index >= 15 is 0 Å². The van der Waals surface area contributed by atoms with E-state index in [1.807, 2.05) is 13.8 Å². The molecule has 1 aromatic rings. The largest absolute Gasteiger partial charge is 0.463 e. The molecule has 112 valence electrons. The summed E-state index contributed by atoms with van der Waals surface area (Å²) in [6, 6.07) is 0.187. The van der Waals surface area contributed by atoms with Gasteiger partial charge in [-0.25, -0.2) is 0 Å². The summed E-state index contributed by atoms with van der Waals surface area (Å²) < 4.78 is 5.37. The first-order valence-electron chi connectivity index (χ1n) is 6.70. The molecule has 1 aromatic heterocycles. The number of nitrogen functional groups attached to an aromatic ring is 1. The first-order chi connectivity index (χ1) is 9.60. The number of hydrogen-bond donors (Lipinski definition) is 2. The lowest BCUT2D eigenvalue weighted by atomic mass is 10.4. The van der Waals surface area contributed by atoms with Gasteiger partial charge in [0.15, 0.2) is 0 Å². The first-order valence-corrected chi connectivity index (χ1v) is 6.70. The van der Waals surface area contributed by atoms with Gasteiger partial charge in [-0.1, -0.05) is 13.8 Å². The molecule has 0 aromatic carbocycles. The predicted octanol–water partition coefficient (Wildman–Crippen LogP) is 0.205. The van der Waals surface area contributed by atoms with Crippen LogP contribution in [0.2, 0.25) is 0 Å². The van der Waals surface area contributed by atoms with E-state index in [0.29, 0.717) is 19.1 Å². The minimum Gasteiger partial charge on any atom is -0.463 e. The van der Waals surface area contributed by atoms with Crippen LogP contribution in [0.25, 0.3) is 0 Å². The Morgan fingerprint density at radius 3 is 2.65 bits per heavy atom. The third-order valence-electron chi connectivity index (χ3n) is 2.45. The molecule has 0 radical (unpaired) electrons. The molecule has 0 saturated carbocycles. The van der Waals surface area contributed by atoms with Crippen LogP contribution in [-0.4, -0.2) is 47.6 Å². The molecule has 0 aliphatic rings. The maximum atomic E-state index is 11.5. The Bertz CT molecular complexity index is 440. The van der Waals surface area contributed by atoms with Crippen molar-refractivity contribution in [3.63, 3.8) is 0 Å². The summed E-state index contributed by atoms with van der Waals surface area (Å²) in [5.74, 6) is 0.321. The van der Waals surface area contributed by atoms with Gasteiger partial charge in [0, 0.05) is 13.6 Å². The summed E-state index contributed by atoms with van der Waals surface area (Å²) in [7, 11) is 1.59. The molecule has 0 bridgehead atoms. The van der Waals surface area contributed by atoms with Crippen molar-refractivity contribution >= 4 is 17.8 Å². The lowest BCUT2D eigenvalue weighted by Gasteiger charge is -2.21. The predicted molar refractivity (Wildman–Crippen MR) is 76.6 cm³/mol. The zero-order chi connectivity index (χ0) is 15.0. The molecule has 20 heavy (non-hydrogen) atoms. The van der Waals surface area contributed by atoms with Gasteiger partial charge in [-0.3, -0.25) is 4.79 Å². The van der Waals surface area contributed by atoms with Crippen molar-refractivity contribution in [2.45, 2.75) is 26.7 Å². The topological polar surface area (TPSA) is 106 Å². The zero-order valence-corrected chi connectivity index (χ0v) is 12.2. The molecule has 1 rings (SSSR count). The van der Waals surface area contributed by atoms with E-state index in [1.165, 1.54) is 0 Å². The fraction of sp³-hybridized carbons (Fsp3) is 0.667. The lowest BCUT2D eigenvalue weighted by Crippen LogP contribution is -2.37. The number of nitrogens with one attached hydrogen (secondary N) is 1. The van der Waals surface area contributed by atoms with Crippen LogP contribution in [0.1, 0.15) is 26.7 Å². The monoisotopic (exact) mass is 282 g/mol. The van der Waals surface area contributed by atoms with E-state index in [0.717, 1.165) is 12.8 Å². The molecule has 8 heteroatoms. The summed E-state index contributed by atoms with van der Waals surface area (Å²) >= 11 is 0. The summed E-state index contributed by atoms with van der Waals surface area (Å²) in [5.41, 5.74) is 5.66. The normalized spacial score (nSPS) is 10.2. The maximum absolute atomic E-state index is 11.5. The molecule has 8 nitrogen and oxygen atoms in total. The highest BCUT2D eigenvalue weighted by Gasteiger charge is 2.15. The highest BCUT2D eigenvalue weighted by molar-refractivity contribution is 5.80. The Balaban J connectivity index is 2.93. The minimum atomic E-state index is -0.117. The summed E-state index contributed by atoms with van der Waals surface area (Å²) in [6.45, 7) is 5.31. The van der Waals surface area contributed by atoms with Gasteiger partial charge in [-0.15, -0.1) is 0 Å². The van der Waals surface area contributed by atoms with Crippen molar-refractivity contribution < 1.29 is 9.53 Å². The van der Waals surface area contributed by atoms with Crippen LogP contribution in [0.5, 0.6) is 6.01 Å². The quantitative estimate of drug-likeness (QED) is 0.701. The smallest absolute Gasteiger partial charge is 0.323 e. The van der Waals surface area contributed by atoms with Gasteiger partial charge >= 0.3 is 6.01 Å². The van der Waals surface area contributed by atoms with Crippen molar-refractivity contribution in [2.24, 2.45) is 0 Å². The Morgan fingerprint density at radius 1 is 1.30 bits per heavy atom. The Morgan fingerprint density at radius 2 is 2.05 bits per heavy atom. The molecule has 1 heterocycles. The van der Waals surface area contributed by atoms with Crippen LogP contribution >= 0.6 is 0 Å². The van der Waals surface area contributed by atoms with Crippen LogP contribution < -0.4 is 20.7 Å². The Kier molecular flexibility index (Phi) is 6.48. The van der Waals surface area contributed by atoms with Crippen LogP contribution in [0.3, 0.4) is 0 Å². The number of hydrogen-bond acceptors (Lipinski definition) is 7. The van der Waals surface area contributed by atoms with Crippen molar-refractivity contribution in [2.75, 3.05) is 37.4 Å². The second-order valence-corrected chi connectivity index (χ2v) is 4.22. The second kappa shape index (κ2) is 8.13. The number of nitrogens with two attached hydrogens (primary N) is 1. The minimum absolute atomic E-state index is 0.0825. The fourth-order valence-electron chi connectivity index (χ4n) is 1.53. The number of ether oxygens (including phenoxy) is 1. The molecule has 0 unspecified atom stereocenters. The van der Waals surface area contributed by atoms with Crippen molar-refractivity contribution in [1.82, 2.24) is 20.3 Å². The summed E-state index contributed by atoms with van der Waals surface area (Å²) in [6.07, 6.45) is 1.70. The summed E-state index contributed by atoms with van der Waals surface area (Å²) in [5, 5.41) is 2.57. The van der Waals surface area contributed by atoms with E-state index in [4.69, 9.17) is 10.5 Å². The second-order valence-electron chi connectivity index (χ2n) is 4.22. The highest BCUT2D eigenvalue weighted by Crippen LogP contribution is 2.14. The van der Waals surface area contributed by atoms with Gasteiger partial charge in [-0.05, 0) is 12.8 Å². The Labute approximate surface area is 118 Å². The molecular formula is C12H22N6O2. The standard InChI is InChI=1S/C12H22N6O2/c1-4-6-18(8-9(19)14-3)11-15-10(13)16-12(17-11)20-7-5-2/h4-8H2,1-3H3,(H,14,19)(H2,13,15,16,17). The number of anilines is 2. The van der Waals surface area contributed by atoms with E-state index in [9.17, 15) is 4.79 Å². The van der Waals surface area contributed by atoms with Crippen LogP contribution in [0.4, 0.5) is 11.9 Å². The van der Waals surface area contributed by atoms with Crippen molar-refractivity contribution in [3.8, 4) is 6.01 Å².